The molecule has 0 aliphatic rings. The first kappa shape index (κ1) is 21.0. The molecule has 1 heterocycles. The summed E-state index contributed by atoms with van der Waals surface area (Å²) in [5.41, 5.74) is 2.55. The van der Waals surface area contributed by atoms with Crippen molar-refractivity contribution in [1.82, 2.24) is 4.98 Å². The summed E-state index contributed by atoms with van der Waals surface area (Å²) < 4.78 is 16.1. The van der Waals surface area contributed by atoms with Crippen LogP contribution in [-0.2, 0) is 0 Å². The highest BCUT2D eigenvalue weighted by Gasteiger charge is 2.15. The first-order valence-corrected chi connectivity index (χ1v) is 9.97. The Balaban J connectivity index is 2.02. The number of halogens is 2. The van der Waals surface area contributed by atoms with Crippen LogP contribution in [0.4, 0.5) is 0 Å². The molecule has 5 nitrogen and oxygen atoms in total. The molecule has 0 N–H and O–H groups in total. The lowest BCUT2D eigenvalue weighted by Gasteiger charge is -2.13. The number of aromatic nitrogens is 1. The third-order valence-corrected chi connectivity index (χ3v) is 5.48. The molecule has 0 fully saturated rings. The fraction of sp³-hybridized carbons (Fsp3) is 0.143. The normalized spacial score (nSPS) is 11.1. The topological polar surface area (TPSA) is 64.4 Å². The van der Waals surface area contributed by atoms with Crippen molar-refractivity contribution in [3.05, 3.63) is 56.3 Å². The Kier molecular flexibility index (Phi) is 6.65. The SMILES string of the molecule is COc1cc(/C=C(\C#N)c2nc(-c3ccc(Cl)cc3Cl)cs2)cc(OC)c1OC. The van der Waals surface area contributed by atoms with E-state index < -0.39 is 0 Å². The summed E-state index contributed by atoms with van der Waals surface area (Å²) in [5, 5.41) is 13.2. The lowest BCUT2D eigenvalue weighted by Crippen LogP contribution is -1.95. The smallest absolute Gasteiger partial charge is 0.203 e. The number of nitriles is 1. The summed E-state index contributed by atoms with van der Waals surface area (Å²) in [4.78, 5) is 4.57. The first-order chi connectivity index (χ1) is 14.0. The maximum atomic E-state index is 9.68. The van der Waals surface area contributed by atoms with Gasteiger partial charge in [0.05, 0.1) is 37.6 Å². The predicted molar refractivity (Wildman–Crippen MR) is 117 cm³/mol. The van der Waals surface area contributed by atoms with Gasteiger partial charge in [0.2, 0.25) is 5.75 Å². The van der Waals surface area contributed by atoms with Gasteiger partial charge < -0.3 is 14.2 Å². The summed E-state index contributed by atoms with van der Waals surface area (Å²) in [6.45, 7) is 0. The molecule has 2 aromatic carbocycles. The summed E-state index contributed by atoms with van der Waals surface area (Å²) in [6, 6.07) is 10.9. The van der Waals surface area contributed by atoms with Gasteiger partial charge >= 0.3 is 0 Å². The molecule has 0 saturated carbocycles. The van der Waals surface area contributed by atoms with Crippen molar-refractivity contribution in [2.45, 2.75) is 0 Å². The highest BCUT2D eigenvalue weighted by molar-refractivity contribution is 7.11. The van der Waals surface area contributed by atoms with E-state index in [-0.39, 0.29) is 0 Å². The van der Waals surface area contributed by atoms with Gasteiger partial charge in [-0.2, -0.15) is 5.26 Å². The van der Waals surface area contributed by atoms with E-state index in [2.05, 4.69) is 11.1 Å². The average Bonchev–Trinajstić information content (AvgIpc) is 3.20. The fourth-order valence-electron chi connectivity index (χ4n) is 2.71. The van der Waals surface area contributed by atoms with Crippen LogP contribution in [0.2, 0.25) is 10.0 Å². The molecule has 0 bridgehead atoms. The van der Waals surface area contributed by atoms with Crippen LogP contribution in [0.25, 0.3) is 22.9 Å². The zero-order chi connectivity index (χ0) is 21.0. The number of thiazole rings is 1. The molecule has 3 rings (SSSR count). The van der Waals surface area contributed by atoms with Gasteiger partial charge in [-0.25, -0.2) is 4.98 Å². The van der Waals surface area contributed by atoms with Crippen LogP contribution in [0.15, 0.2) is 35.7 Å². The van der Waals surface area contributed by atoms with E-state index in [4.69, 9.17) is 37.4 Å². The Morgan fingerprint density at radius 3 is 2.31 bits per heavy atom. The Bertz CT molecular complexity index is 1090. The van der Waals surface area contributed by atoms with Crippen LogP contribution < -0.4 is 14.2 Å². The minimum Gasteiger partial charge on any atom is -0.493 e. The van der Waals surface area contributed by atoms with Gasteiger partial charge in [0.1, 0.15) is 11.1 Å². The standard InChI is InChI=1S/C21H16Cl2N2O3S/c1-26-18-7-12(8-19(27-2)20(18)28-3)6-13(10-24)21-25-17(11-29-21)15-5-4-14(22)9-16(15)23/h4-9,11H,1-3H3/b13-6+. The Morgan fingerprint density at radius 1 is 1.07 bits per heavy atom. The number of hydrogen-bond acceptors (Lipinski definition) is 6. The van der Waals surface area contributed by atoms with Gasteiger partial charge in [-0.05, 0) is 42.0 Å². The molecule has 8 heteroatoms. The molecule has 0 spiro atoms. The third kappa shape index (κ3) is 4.48. The summed E-state index contributed by atoms with van der Waals surface area (Å²) >= 11 is 13.6. The molecule has 0 aliphatic carbocycles. The number of nitrogens with zero attached hydrogens (tertiary/aromatic N) is 2. The van der Waals surface area contributed by atoms with Crippen LogP contribution in [0.1, 0.15) is 10.6 Å². The van der Waals surface area contributed by atoms with Crippen LogP contribution >= 0.6 is 34.5 Å². The van der Waals surface area contributed by atoms with E-state index in [1.165, 1.54) is 18.4 Å². The van der Waals surface area contributed by atoms with E-state index in [9.17, 15) is 5.26 Å². The number of methoxy groups -OCH3 is 3. The van der Waals surface area contributed by atoms with Crippen molar-refractivity contribution in [3.8, 4) is 34.6 Å². The first-order valence-electron chi connectivity index (χ1n) is 8.33. The van der Waals surface area contributed by atoms with Gasteiger partial charge in [-0.3, -0.25) is 0 Å². The average molecular weight is 447 g/mol. The van der Waals surface area contributed by atoms with Crippen molar-refractivity contribution in [1.29, 1.82) is 5.26 Å². The van der Waals surface area contributed by atoms with Crippen molar-refractivity contribution in [2.75, 3.05) is 21.3 Å². The van der Waals surface area contributed by atoms with Gasteiger partial charge in [-0.1, -0.05) is 23.2 Å². The number of hydrogen-bond donors (Lipinski definition) is 0. The van der Waals surface area contributed by atoms with Crippen molar-refractivity contribution < 1.29 is 14.2 Å². The summed E-state index contributed by atoms with van der Waals surface area (Å²) in [7, 11) is 4.62. The Morgan fingerprint density at radius 2 is 1.76 bits per heavy atom. The van der Waals surface area contributed by atoms with E-state index in [0.717, 1.165) is 11.1 Å². The van der Waals surface area contributed by atoms with Gasteiger partial charge in [0, 0.05) is 16.0 Å². The van der Waals surface area contributed by atoms with E-state index in [1.807, 2.05) is 5.38 Å². The maximum absolute atomic E-state index is 9.68. The molecule has 0 amide bonds. The number of allylic oxidation sites excluding steroid dienone is 1. The molecule has 0 atom stereocenters. The Labute approximate surface area is 182 Å². The second kappa shape index (κ2) is 9.19. The lowest BCUT2D eigenvalue weighted by atomic mass is 10.1. The van der Waals surface area contributed by atoms with Crippen LogP contribution in [0, 0.1) is 11.3 Å². The molecule has 0 aliphatic heterocycles. The van der Waals surface area contributed by atoms with Crippen molar-refractivity contribution in [3.63, 3.8) is 0 Å². The van der Waals surface area contributed by atoms with Gasteiger partial charge in [0.25, 0.3) is 0 Å². The molecular weight excluding hydrogens is 431 g/mol. The number of benzene rings is 2. The van der Waals surface area contributed by atoms with Crippen LogP contribution in [0.5, 0.6) is 17.2 Å². The number of rotatable bonds is 6. The minimum atomic E-state index is 0.403. The molecule has 0 saturated heterocycles. The zero-order valence-electron chi connectivity index (χ0n) is 15.8. The monoisotopic (exact) mass is 446 g/mol. The third-order valence-electron chi connectivity index (χ3n) is 4.06. The highest BCUT2D eigenvalue weighted by atomic mass is 35.5. The molecule has 29 heavy (non-hydrogen) atoms. The van der Waals surface area contributed by atoms with Crippen LogP contribution in [-0.4, -0.2) is 26.3 Å². The van der Waals surface area contributed by atoms with E-state index in [1.54, 1.807) is 50.6 Å². The second-order valence-electron chi connectivity index (χ2n) is 5.79. The summed E-state index contributed by atoms with van der Waals surface area (Å²) in [5.74, 6) is 1.49. The molecule has 0 unspecified atom stereocenters. The molecule has 1 aromatic heterocycles. The quantitative estimate of drug-likeness (QED) is 0.421. The predicted octanol–water partition coefficient (Wildman–Crippen LogP) is 6.21. The maximum Gasteiger partial charge on any atom is 0.203 e. The summed E-state index contributed by atoms with van der Waals surface area (Å²) in [6.07, 6.45) is 1.72. The highest BCUT2D eigenvalue weighted by Crippen LogP contribution is 2.39. The molecule has 3 aromatic rings. The van der Waals surface area contributed by atoms with E-state index >= 15 is 0 Å². The minimum absolute atomic E-state index is 0.403. The zero-order valence-corrected chi connectivity index (χ0v) is 18.2. The fourth-order valence-corrected chi connectivity index (χ4v) is 4.00. The van der Waals surface area contributed by atoms with Gasteiger partial charge in [0.15, 0.2) is 11.5 Å². The van der Waals surface area contributed by atoms with Gasteiger partial charge in [-0.15, -0.1) is 11.3 Å². The lowest BCUT2D eigenvalue weighted by molar-refractivity contribution is 0.324. The van der Waals surface area contributed by atoms with Crippen LogP contribution in [0.3, 0.4) is 0 Å². The number of ether oxygens (including phenoxy) is 3. The second-order valence-corrected chi connectivity index (χ2v) is 7.49. The largest absolute Gasteiger partial charge is 0.493 e. The van der Waals surface area contributed by atoms with Crippen molar-refractivity contribution >= 4 is 46.2 Å². The molecule has 0 radical (unpaired) electrons. The van der Waals surface area contributed by atoms with E-state index in [0.29, 0.717) is 43.6 Å². The molecule has 148 valence electrons. The molecular formula is C21H16Cl2N2O3S. The Hall–Kier alpha value is -2.72. The van der Waals surface area contributed by atoms with Crippen molar-refractivity contribution in [2.24, 2.45) is 0 Å².